The zero-order valence-electron chi connectivity index (χ0n) is 11.5. The summed E-state index contributed by atoms with van der Waals surface area (Å²) in [6.45, 7) is 2.79. The molecule has 1 atom stereocenters. The molecule has 1 unspecified atom stereocenters. The zero-order valence-corrected chi connectivity index (χ0v) is 12.3. The van der Waals surface area contributed by atoms with Gasteiger partial charge in [-0.3, -0.25) is 9.40 Å². The molecule has 0 saturated carbocycles. The van der Waals surface area contributed by atoms with Crippen molar-refractivity contribution in [3.8, 4) is 0 Å². The van der Waals surface area contributed by atoms with Gasteiger partial charge >= 0.3 is 0 Å². The number of nitrogens with zero attached hydrogens (tertiary/aromatic N) is 2. The third-order valence-corrected chi connectivity index (χ3v) is 4.73. The number of anilines is 1. The normalized spacial score (nSPS) is 20.4. The van der Waals surface area contributed by atoms with Gasteiger partial charge in [-0.25, -0.2) is 8.42 Å². The van der Waals surface area contributed by atoms with Crippen LogP contribution >= 0.6 is 0 Å². The van der Waals surface area contributed by atoms with E-state index in [1.54, 1.807) is 24.9 Å². The number of piperidine rings is 1. The number of hydrogen-bond acceptors (Lipinski definition) is 4. The van der Waals surface area contributed by atoms with Crippen molar-refractivity contribution < 1.29 is 8.42 Å². The van der Waals surface area contributed by atoms with Gasteiger partial charge in [0.25, 0.3) is 0 Å². The Morgan fingerprint density at radius 2 is 2.32 bits per heavy atom. The first-order valence-electron chi connectivity index (χ1n) is 6.70. The van der Waals surface area contributed by atoms with Gasteiger partial charge < -0.3 is 5.32 Å². The highest BCUT2D eigenvalue weighted by atomic mass is 32.2. The predicted octanol–water partition coefficient (Wildman–Crippen LogP) is 1.00. The first-order chi connectivity index (χ1) is 8.96. The van der Waals surface area contributed by atoms with Crippen molar-refractivity contribution in [2.45, 2.75) is 38.6 Å². The first kappa shape index (κ1) is 14.3. The van der Waals surface area contributed by atoms with Gasteiger partial charge in [0.15, 0.2) is 0 Å². The summed E-state index contributed by atoms with van der Waals surface area (Å²) in [7, 11) is -1.51. The van der Waals surface area contributed by atoms with E-state index in [0.717, 1.165) is 13.0 Å². The van der Waals surface area contributed by atoms with E-state index >= 15 is 0 Å². The molecule has 2 rings (SSSR count). The third kappa shape index (κ3) is 4.21. The Kier molecular flexibility index (Phi) is 4.46. The molecule has 0 bridgehead atoms. The van der Waals surface area contributed by atoms with Crippen molar-refractivity contribution in [2.75, 3.05) is 17.0 Å². The summed E-state index contributed by atoms with van der Waals surface area (Å²) >= 11 is 0. The molecular weight excluding hydrogens is 264 g/mol. The average molecular weight is 286 g/mol. The van der Waals surface area contributed by atoms with Gasteiger partial charge in [-0.15, -0.1) is 0 Å². The number of sulfonamides is 1. The van der Waals surface area contributed by atoms with Crippen molar-refractivity contribution in [3.05, 3.63) is 11.9 Å². The van der Waals surface area contributed by atoms with Gasteiger partial charge in [-0.1, -0.05) is 6.42 Å². The molecule has 1 aromatic rings. The van der Waals surface area contributed by atoms with E-state index in [9.17, 15) is 8.42 Å². The second kappa shape index (κ2) is 5.92. The van der Waals surface area contributed by atoms with Gasteiger partial charge in [0.2, 0.25) is 10.0 Å². The van der Waals surface area contributed by atoms with E-state index in [4.69, 9.17) is 0 Å². The molecule has 0 radical (unpaired) electrons. The van der Waals surface area contributed by atoms with E-state index in [2.05, 4.69) is 15.1 Å². The summed E-state index contributed by atoms with van der Waals surface area (Å²) in [6.07, 6.45) is 5.80. The molecule has 108 valence electrons. The van der Waals surface area contributed by atoms with Crippen LogP contribution in [0.2, 0.25) is 0 Å². The van der Waals surface area contributed by atoms with E-state index in [-0.39, 0.29) is 5.75 Å². The lowest BCUT2D eigenvalue weighted by Crippen LogP contribution is -2.36. The molecule has 0 amide bonds. The molecule has 2 heterocycles. The van der Waals surface area contributed by atoms with Crippen molar-refractivity contribution in [3.63, 3.8) is 0 Å². The Bertz CT molecular complexity index is 518. The largest absolute Gasteiger partial charge is 0.314 e. The topological polar surface area (TPSA) is 76.0 Å². The maximum absolute atomic E-state index is 12.0. The lowest BCUT2D eigenvalue weighted by molar-refractivity contribution is 0.393. The maximum atomic E-state index is 12.0. The highest BCUT2D eigenvalue weighted by Gasteiger charge is 2.18. The fourth-order valence-corrected chi connectivity index (χ4v) is 3.62. The molecule has 1 saturated heterocycles. The fourth-order valence-electron chi connectivity index (χ4n) is 2.39. The Hall–Kier alpha value is -1.08. The number of aromatic nitrogens is 2. The first-order valence-corrected chi connectivity index (χ1v) is 8.35. The third-order valence-electron chi connectivity index (χ3n) is 3.43. The van der Waals surface area contributed by atoms with Crippen molar-refractivity contribution in [2.24, 2.45) is 7.05 Å². The Balaban J connectivity index is 1.89. The Morgan fingerprint density at radius 1 is 1.53 bits per heavy atom. The summed E-state index contributed by atoms with van der Waals surface area (Å²) in [5, 5.41) is 7.48. The van der Waals surface area contributed by atoms with Crippen LogP contribution in [0.3, 0.4) is 0 Å². The number of rotatable bonds is 5. The quantitative estimate of drug-likeness (QED) is 0.847. The summed E-state index contributed by atoms with van der Waals surface area (Å²) in [5.41, 5.74) is 1.26. The minimum atomic E-state index is -3.29. The lowest BCUT2D eigenvalue weighted by Gasteiger charge is -2.23. The molecule has 0 aliphatic carbocycles. The molecule has 1 aromatic heterocycles. The second-order valence-corrected chi connectivity index (χ2v) is 7.00. The SMILES string of the molecule is Cc1nn(C)cc1NS(=O)(=O)CCC1CCCCN1. The molecular formula is C12H22N4O2S. The van der Waals surface area contributed by atoms with Crippen LogP contribution in [0.5, 0.6) is 0 Å². The van der Waals surface area contributed by atoms with Crippen LogP contribution in [0.1, 0.15) is 31.4 Å². The number of aryl methyl sites for hydroxylation is 2. The number of hydrogen-bond donors (Lipinski definition) is 2. The highest BCUT2D eigenvalue weighted by molar-refractivity contribution is 7.92. The monoisotopic (exact) mass is 286 g/mol. The Labute approximate surface area is 114 Å². The lowest BCUT2D eigenvalue weighted by atomic mass is 10.0. The summed E-state index contributed by atoms with van der Waals surface area (Å²) in [5.74, 6) is 0.152. The van der Waals surface area contributed by atoms with Crippen LogP contribution in [0.25, 0.3) is 0 Å². The van der Waals surface area contributed by atoms with Crippen LogP contribution in [0.15, 0.2) is 6.20 Å². The van der Waals surface area contributed by atoms with Crippen LogP contribution in [0.4, 0.5) is 5.69 Å². The van der Waals surface area contributed by atoms with E-state index in [0.29, 0.717) is 23.8 Å². The summed E-state index contributed by atoms with van der Waals surface area (Å²) < 4.78 is 28.3. The predicted molar refractivity (Wildman–Crippen MR) is 75.6 cm³/mol. The van der Waals surface area contributed by atoms with Crippen molar-refractivity contribution in [1.82, 2.24) is 15.1 Å². The maximum Gasteiger partial charge on any atom is 0.232 e. The highest BCUT2D eigenvalue weighted by Crippen LogP contribution is 2.15. The molecule has 1 aliphatic rings. The Morgan fingerprint density at radius 3 is 2.89 bits per heavy atom. The van der Waals surface area contributed by atoms with E-state index < -0.39 is 10.0 Å². The molecule has 0 spiro atoms. The minimum Gasteiger partial charge on any atom is -0.314 e. The zero-order chi connectivity index (χ0) is 13.9. The second-order valence-electron chi connectivity index (χ2n) is 5.16. The summed E-state index contributed by atoms with van der Waals surface area (Å²) in [4.78, 5) is 0. The van der Waals surface area contributed by atoms with Crippen molar-refractivity contribution >= 4 is 15.7 Å². The molecule has 0 aromatic carbocycles. The minimum absolute atomic E-state index is 0.152. The molecule has 19 heavy (non-hydrogen) atoms. The van der Waals surface area contributed by atoms with Crippen LogP contribution in [-0.2, 0) is 17.1 Å². The van der Waals surface area contributed by atoms with Gasteiger partial charge in [0.05, 0.1) is 17.1 Å². The standard InChI is InChI=1S/C12H22N4O2S/c1-10-12(9-16(2)14-10)15-19(17,18)8-6-11-5-3-4-7-13-11/h9,11,13,15H,3-8H2,1-2H3. The van der Waals surface area contributed by atoms with Gasteiger partial charge in [0.1, 0.15) is 0 Å². The molecule has 1 fully saturated rings. The van der Waals surface area contributed by atoms with Crippen LogP contribution in [0, 0.1) is 6.92 Å². The van der Waals surface area contributed by atoms with Gasteiger partial charge in [-0.05, 0) is 32.7 Å². The van der Waals surface area contributed by atoms with E-state index in [1.807, 2.05) is 0 Å². The van der Waals surface area contributed by atoms with Crippen LogP contribution in [-0.4, -0.2) is 36.5 Å². The average Bonchev–Trinajstić information content (AvgIpc) is 2.66. The van der Waals surface area contributed by atoms with Gasteiger partial charge in [-0.2, -0.15) is 5.10 Å². The van der Waals surface area contributed by atoms with Crippen LogP contribution < -0.4 is 10.0 Å². The van der Waals surface area contributed by atoms with E-state index in [1.165, 1.54) is 12.8 Å². The fraction of sp³-hybridized carbons (Fsp3) is 0.750. The molecule has 7 heteroatoms. The molecule has 2 N–H and O–H groups in total. The van der Waals surface area contributed by atoms with Gasteiger partial charge in [0, 0.05) is 19.3 Å². The number of nitrogens with one attached hydrogen (secondary N) is 2. The smallest absolute Gasteiger partial charge is 0.232 e. The summed E-state index contributed by atoms with van der Waals surface area (Å²) in [6, 6.07) is 0.334. The molecule has 6 nitrogen and oxygen atoms in total. The molecule has 1 aliphatic heterocycles. The van der Waals surface area contributed by atoms with Crippen molar-refractivity contribution in [1.29, 1.82) is 0 Å².